The van der Waals surface area contributed by atoms with Crippen molar-refractivity contribution in [3.8, 4) is 5.75 Å². The number of rotatable bonds is 10. The number of aromatic carboxylic acids is 1. The number of primary amides is 1. The summed E-state index contributed by atoms with van der Waals surface area (Å²) in [6, 6.07) is 2.08. The SMILES string of the molecule is CCN1CCN(C(=O)N[C@@H](C(=O)C[C@H]2Cc3cccc(C(=O)O)c3OB2O)[C@@H](C)OCC(N)=O)C(=O)C1=O. The molecule has 2 aliphatic heterocycles. The van der Waals surface area contributed by atoms with Crippen molar-refractivity contribution in [2.75, 3.05) is 26.2 Å². The molecule has 14 nitrogen and oxygen atoms in total. The van der Waals surface area contributed by atoms with Gasteiger partial charge in [0.1, 0.15) is 18.4 Å². The van der Waals surface area contributed by atoms with Crippen molar-refractivity contribution in [2.45, 2.75) is 44.7 Å². The molecule has 0 radical (unpaired) electrons. The van der Waals surface area contributed by atoms with E-state index in [1.54, 1.807) is 13.0 Å². The number of hydrogen-bond acceptors (Lipinski definition) is 9. The first-order valence-electron chi connectivity index (χ1n) is 12.0. The molecule has 1 aromatic rings. The number of likely N-dealkylation sites (N-methyl/N-ethyl adjacent to an activating group) is 1. The number of ketones is 1. The Morgan fingerprint density at radius 2 is 1.95 bits per heavy atom. The number of hydrogen-bond donors (Lipinski definition) is 4. The predicted octanol–water partition coefficient (Wildman–Crippen LogP) is -1.21. The monoisotopic (exact) mass is 532 g/mol. The van der Waals surface area contributed by atoms with Crippen LogP contribution in [-0.4, -0.2) is 101 Å². The largest absolute Gasteiger partial charge is 0.535 e. The van der Waals surface area contributed by atoms with E-state index in [2.05, 4.69) is 5.32 Å². The Morgan fingerprint density at radius 1 is 1.24 bits per heavy atom. The smallest absolute Gasteiger partial charge is 0.526 e. The minimum Gasteiger partial charge on any atom is -0.535 e. The van der Waals surface area contributed by atoms with Gasteiger partial charge in [0.2, 0.25) is 5.91 Å². The number of carboxylic acids is 1. The van der Waals surface area contributed by atoms with Gasteiger partial charge in [-0.3, -0.25) is 24.1 Å². The molecule has 0 bridgehead atoms. The third kappa shape index (κ3) is 6.29. The summed E-state index contributed by atoms with van der Waals surface area (Å²) in [5.41, 5.74) is 5.46. The van der Waals surface area contributed by atoms with Gasteiger partial charge < -0.3 is 35.5 Å². The lowest BCUT2D eigenvalue weighted by molar-refractivity contribution is -0.153. The number of nitrogens with zero attached hydrogens (tertiary/aromatic N) is 2. The Hall–Kier alpha value is -3.98. The van der Waals surface area contributed by atoms with Gasteiger partial charge in [0.25, 0.3) is 0 Å². The topological polar surface area (TPSA) is 206 Å². The maximum Gasteiger partial charge on any atom is 0.526 e. The first-order chi connectivity index (χ1) is 17.9. The van der Waals surface area contributed by atoms with Crippen molar-refractivity contribution in [3.63, 3.8) is 0 Å². The highest BCUT2D eigenvalue weighted by molar-refractivity contribution is 6.47. The van der Waals surface area contributed by atoms with Crippen LogP contribution in [-0.2, 0) is 30.3 Å². The second kappa shape index (κ2) is 12.0. The highest BCUT2D eigenvalue weighted by Crippen LogP contribution is 2.36. The average Bonchev–Trinajstić information content (AvgIpc) is 2.87. The zero-order chi connectivity index (χ0) is 28.1. The number of Topliss-reactive ketones (excluding diaryl/α,β-unsaturated/α-hetero) is 1. The number of urea groups is 1. The van der Waals surface area contributed by atoms with E-state index in [-0.39, 0.29) is 37.2 Å². The molecule has 3 atom stereocenters. The van der Waals surface area contributed by atoms with E-state index < -0.39 is 67.2 Å². The standard InChI is InChI=1S/C23H29BN4O10/c1-3-27-7-8-28(21(32)20(27)31)23(35)26-18(12(2)37-11-17(25)30)16(29)10-14-9-13-5-4-6-15(22(33)34)19(13)38-24(14)36/h4-6,12,14,18,36H,3,7-11H2,1-2H3,(H2,25,30)(H,26,35)(H,33,34)/t12-,14-,18-/m1/s1. The zero-order valence-corrected chi connectivity index (χ0v) is 20.9. The molecular formula is C23H29BN4O10. The van der Waals surface area contributed by atoms with Crippen molar-refractivity contribution < 1.29 is 48.3 Å². The van der Waals surface area contributed by atoms with Crippen LogP contribution in [0.3, 0.4) is 0 Å². The van der Waals surface area contributed by atoms with Gasteiger partial charge in [0.05, 0.1) is 11.7 Å². The highest BCUT2D eigenvalue weighted by atomic mass is 16.5. The number of amides is 5. The fourth-order valence-electron chi connectivity index (χ4n) is 4.36. The zero-order valence-electron chi connectivity index (χ0n) is 20.9. The molecule has 0 unspecified atom stereocenters. The van der Waals surface area contributed by atoms with Gasteiger partial charge in [-0.05, 0) is 31.9 Å². The molecule has 15 heteroatoms. The molecule has 1 saturated heterocycles. The van der Waals surface area contributed by atoms with Gasteiger partial charge in [0, 0.05) is 31.9 Å². The van der Waals surface area contributed by atoms with Crippen molar-refractivity contribution in [3.05, 3.63) is 29.3 Å². The lowest BCUT2D eigenvalue weighted by Crippen LogP contribution is -2.61. The van der Waals surface area contributed by atoms with Crippen molar-refractivity contribution in [1.29, 1.82) is 0 Å². The highest BCUT2D eigenvalue weighted by Gasteiger charge is 2.42. The molecule has 0 spiro atoms. The number of nitrogens with two attached hydrogens (primary N) is 1. The molecule has 204 valence electrons. The second-order valence-corrected chi connectivity index (χ2v) is 8.99. The summed E-state index contributed by atoms with van der Waals surface area (Å²) in [4.78, 5) is 75.5. The molecule has 5 N–H and O–H groups in total. The number of carbonyl (C=O) groups excluding carboxylic acids is 5. The Morgan fingerprint density at radius 3 is 2.58 bits per heavy atom. The van der Waals surface area contributed by atoms with Crippen LogP contribution in [0.1, 0.15) is 36.2 Å². The van der Waals surface area contributed by atoms with Gasteiger partial charge in [-0.1, -0.05) is 12.1 Å². The summed E-state index contributed by atoms with van der Waals surface area (Å²) in [5, 5.41) is 22.3. The number of para-hydroxylation sites is 1. The van der Waals surface area contributed by atoms with Gasteiger partial charge in [-0.2, -0.15) is 0 Å². The number of benzene rings is 1. The van der Waals surface area contributed by atoms with Crippen LogP contribution in [0, 0.1) is 0 Å². The summed E-state index contributed by atoms with van der Waals surface area (Å²) >= 11 is 0. The van der Waals surface area contributed by atoms with E-state index in [1.807, 2.05) is 0 Å². The van der Waals surface area contributed by atoms with E-state index in [1.165, 1.54) is 24.0 Å². The van der Waals surface area contributed by atoms with E-state index in [4.69, 9.17) is 15.1 Å². The maximum absolute atomic E-state index is 13.3. The second-order valence-electron chi connectivity index (χ2n) is 8.99. The number of piperazine rings is 1. The number of ether oxygens (including phenoxy) is 1. The van der Waals surface area contributed by atoms with Gasteiger partial charge in [-0.15, -0.1) is 0 Å². The van der Waals surface area contributed by atoms with Crippen molar-refractivity contribution >= 4 is 42.6 Å². The van der Waals surface area contributed by atoms with Gasteiger partial charge >= 0.3 is 30.9 Å². The molecule has 5 amide bonds. The average molecular weight is 532 g/mol. The molecule has 0 aliphatic carbocycles. The fourth-order valence-corrected chi connectivity index (χ4v) is 4.36. The first kappa shape index (κ1) is 28.6. The van der Waals surface area contributed by atoms with Gasteiger partial charge in [0.15, 0.2) is 5.78 Å². The Labute approximate surface area is 218 Å². The van der Waals surface area contributed by atoms with Crippen LogP contribution in [0.15, 0.2) is 18.2 Å². The molecule has 0 saturated carbocycles. The minimum absolute atomic E-state index is 0.00797. The van der Waals surface area contributed by atoms with Crippen LogP contribution in [0.5, 0.6) is 5.75 Å². The van der Waals surface area contributed by atoms with Crippen LogP contribution in [0.2, 0.25) is 5.82 Å². The normalized spacial score (nSPS) is 18.8. The quantitative estimate of drug-likeness (QED) is 0.209. The van der Waals surface area contributed by atoms with Crippen LogP contribution in [0.4, 0.5) is 4.79 Å². The summed E-state index contributed by atoms with van der Waals surface area (Å²) in [7, 11) is -1.52. The molecule has 2 heterocycles. The number of nitrogens with one attached hydrogen (secondary N) is 1. The molecule has 1 aromatic carbocycles. The maximum atomic E-state index is 13.3. The predicted molar refractivity (Wildman–Crippen MR) is 130 cm³/mol. The Kier molecular flexibility index (Phi) is 9.06. The van der Waals surface area contributed by atoms with E-state index in [9.17, 15) is 38.9 Å². The number of carboxylic acid groups (broad SMARTS) is 1. The molecule has 1 fully saturated rings. The third-order valence-corrected chi connectivity index (χ3v) is 6.43. The van der Waals surface area contributed by atoms with E-state index in [0.29, 0.717) is 17.0 Å². The summed E-state index contributed by atoms with van der Waals surface area (Å²) < 4.78 is 10.8. The Bertz CT molecular complexity index is 1150. The minimum atomic E-state index is -1.52. The van der Waals surface area contributed by atoms with Crippen molar-refractivity contribution in [1.82, 2.24) is 15.1 Å². The number of imide groups is 1. The Balaban J connectivity index is 1.77. The van der Waals surface area contributed by atoms with Crippen LogP contribution in [0.25, 0.3) is 0 Å². The molecular weight excluding hydrogens is 503 g/mol. The van der Waals surface area contributed by atoms with E-state index >= 15 is 0 Å². The number of carbonyl (C=O) groups is 6. The summed E-state index contributed by atoms with van der Waals surface area (Å²) in [6.07, 6.45) is -1.30. The molecule has 38 heavy (non-hydrogen) atoms. The molecule has 3 rings (SSSR count). The number of fused-ring (bicyclic) bond motifs is 1. The lowest BCUT2D eigenvalue weighted by atomic mass is 9.64. The lowest BCUT2D eigenvalue weighted by Gasteiger charge is -2.34. The van der Waals surface area contributed by atoms with E-state index in [0.717, 1.165) is 0 Å². The first-order valence-corrected chi connectivity index (χ1v) is 12.0. The molecule has 2 aliphatic rings. The fraction of sp³-hybridized carbons (Fsp3) is 0.478. The van der Waals surface area contributed by atoms with Gasteiger partial charge in [-0.25, -0.2) is 9.59 Å². The van der Waals surface area contributed by atoms with Crippen LogP contribution >= 0.6 is 0 Å². The summed E-state index contributed by atoms with van der Waals surface area (Å²) in [6.45, 7) is 2.90. The third-order valence-electron chi connectivity index (χ3n) is 6.43. The summed E-state index contributed by atoms with van der Waals surface area (Å²) in [5.74, 6) is -5.36. The van der Waals surface area contributed by atoms with Crippen molar-refractivity contribution in [2.24, 2.45) is 5.73 Å². The van der Waals surface area contributed by atoms with Crippen LogP contribution < -0.4 is 15.7 Å². The molecule has 0 aromatic heterocycles.